The number of carbonyl (C=O) groups is 2. The number of nitrogens with one attached hydrogen (secondary N) is 1. The number of amides is 1. The zero-order valence-electron chi connectivity index (χ0n) is 13.1. The van der Waals surface area contributed by atoms with Crippen LogP contribution < -0.4 is 5.32 Å². The topological polar surface area (TPSA) is 79.5 Å². The van der Waals surface area contributed by atoms with Crippen molar-refractivity contribution in [3.8, 4) is 0 Å². The summed E-state index contributed by atoms with van der Waals surface area (Å²) >= 11 is 0. The molecular formula is C17H19NO4. The standard InChI is InChI=1S/C17H19NO4/c1-10-9-13(17(2,3)4)22-14(10)15(19)18-12-8-6-5-7-11(12)16(20)21/h5-9H,1-4H3,(H,18,19)(H,20,21). The van der Waals surface area contributed by atoms with E-state index < -0.39 is 11.9 Å². The fraction of sp³-hybridized carbons (Fsp3) is 0.294. The Morgan fingerprint density at radius 2 is 1.82 bits per heavy atom. The first kappa shape index (κ1) is 15.8. The van der Waals surface area contributed by atoms with Crippen molar-refractivity contribution in [1.82, 2.24) is 0 Å². The first-order chi connectivity index (χ1) is 10.2. The van der Waals surface area contributed by atoms with Gasteiger partial charge in [-0.3, -0.25) is 4.79 Å². The molecule has 116 valence electrons. The molecule has 0 fully saturated rings. The molecule has 2 aromatic rings. The van der Waals surface area contributed by atoms with E-state index in [4.69, 9.17) is 9.52 Å². The zero-order valence-corrected chi connectivity index (χ0v) is 13.1. The lowest BCUT2D eigenvalue weighted by Gasteiger charge is -2.14. The largest absolute Gasteiger partial charge is 0.478 e. The minimum atomic E-state index is -1.09. The molecule has 0 bridgehead atoms. The second-order valence-electron chi connectivity index (χ2n) is 6.18. The summed E-state index contributed by atoms with van der Waals surface area (Å²) in [6, 6.07) is 8.09. The summed E-state index contributed by atoms with van der Waals surface area (Å²) in [7, 11) is 0. The maximum Gasteiger partial charge on any atom is 0.337 e. The molecule has 0 spiro atoms. The first-order valence-electron chi connectivity index (χ1n) is 6.94. The van der Waals surface area contributed by atoms with E-state index in [1.165, 1.54) is 6.07 Å². The molecule has 0 saturated heterocycles. The predicted molar refractivity (Wildman–Crippen MR) is 83.5 cm³/mol. The molecule has 0 aliphatic heterocycles. The average Bonchev–Trinajstić information content (AvgIpc) is 2.81. The molecule has 0 atom stereocenters. The van der Waals surface area contributed by atoms with Gasteiger partial charge in [-0.25, -0.2) is 4.79 Å². The number of para-hydroxylation sites is 1. The molecule has 1 amide bonds. The Hall–Kier alpha value is -2.56. The number of anilines is 1. The SMILES string of the molecule is Cc1cc(C(C)(C)C)oc1C(=O)Nc1ccccc1C(=O)O. The molecule has 1 heterocycles. The van der Waals surface area contributed by atoms with Gasteiger partial charge in [0.25, 0.3) is 5.91 Å². The number of hydrogen-bond donors (Lipinski definition) is 2. The van der Waals surface area contributed by atoms with Crippen molar-refractivity contribution in [3.63, 3.8) is 0 Å². The van der Waals surface area contributed by atoms with Gasteiger partial charge in [-0.1, -0.05) is 32.9 Å². The summed E-state index contributed by atoms with van der Waals surface area (Å²) in [5, 5.41) is 11.7. The number of aryl methyl sites for hydroxylation is 1. The van der Waals surface area contributed by atoms with Gasteiger partial charge in [0.05, 0.1) is 11.3 Å². The monoisotopic (exact) mass is 301 g/mol. The molecule has 5 nitrogen and oxygen atoms in total. The van der Waals surface area contributed by atoms with Crippen LogP contribution in [-0.4, -0.2) is 17.0 Å². The second kappa shape index (κ2) is 5.67. The maximum atomic E-state index is 12.4. The third-order valence-corrected chi connectivity index (χ3v) is 3.27. The average molecular weight is 301 g/mol. The van der Waals surface area contributed by atoms with E-state index in [9.17, 15) is 9.59 Å². The van der Waals surface area contributed by atoms with Crippen LogP contribution in [0.15, 0.2) is 34.7 Å². The molecule has 0 saturated carbocycles. The van der Waals surface area contributed by atoms with Gasteiger partial charge < -0.3 is 14.8 Å². The van der Waals surface area contributed by atoms with Gasteiger partial charge >= 0.3 is 5.97 Å². The Labute approximate surface area is 129 Å². The van der Waals surface area contributed by atoms with Crippen LogP contribution in [0.3, 0.4) is 0 Å². The number of hydrogen-bond acceptors (Lipinski definition) is 3. The summed E-state index contributed by atoms with van der Waals surface area (Å²) in [6.45, 7) is 7.77. The van der Waals surface area contributed by atoms with E-state index >= 15 is 0 Å². The summed E-state index contributed by atoms with van der Waals surface area (Å²) in [5.41, 5.74) is 0.793. The number of aromatic carboxylic acids is 1. The van der Waals surface area contributed by atoms with E-state index in [0.717, 1.165) is 5.56 Å². The van der Waals surface area contributed by atoms with Crippen LogP contribution in [0.5, 0.6) is 0 Å². The molecule has 2 rings (SSSR count). The van der Waals surface area contributed by atoms with Crippen molar-refractivity contribution in [2.45, 2.75) is 33.1 Å². The lowest BCUT2D eigenvalue weighted by molar-refractivity contribution is 0.0698. The highest BCUT2D eigenvalue weighted by molar-refractivity contribution is 6.07. The van der Waals surface area contributed by atoms with Crippen molar-refractivity contribution in [1.29, 1.82) is 0 Å². The fourth-order valence-electron chi connectivity index (χ4n) is 2.03. The Kier molecular flexibility index (Phi) is 4.08. The summed E-state index contributed by atoms with van der Waals surface area (Å²) in [4.78, 5) is 23.5. The first-order valence-corrected chi connectivity index (χ1v) is 6.94. The van der Waals surface area contributed by atoms with E-state index in [2.05, 4.69) is 5.32 Å². The van der Waals surface area contributed by atoms with E-state index in [0.29, 0.717) is 5.76 Å². The zero-order chi connectivity index (χ0) is 16.5. The fourth-order valence-corrected chi connectivity index (χ4v) is 2.03. The van der Waals surface area contributed by atoms with Crippen molar-refractivity contribution in [2.24, 2.45) is 0 Å². The number of benzene rings is 1. The van der Waals surface area contributed by atoms with Crippen molar-refractivity contribution < 1.29 is 19.1 Å². The van der Waals surface area contributed by atoms with E-state index in [1.54, 1.807) is 25.1 Å². The van der Waals surface area contributed by atoms with Crippen LogP contribution in [0.1, 0.15) is 53.0 Å². The van der Waals surface area contributed by atoms with E-state index in [-0.39, 0.29) is 22.4 Å². The van der Waals surface area contributed by atoms with Gasteiger partial charge in [0.15, 0.2) is 5.76 Å². The number of carboxylic acid groups (broad SMARTS) is 1. The lowest BCUT2D eigenvalue weighted by atomic mass is 9.93. The van der Waals surface area contributed by atoms with Crippen LogP contribution >= 0.6 is 0 Å². The van der Waals surface area contributed by atoms with E-state index in [1.807, 2.05) is 26.8 Å². The number of furan rings is 1. The molecule has 0 aliphatic carbocycles. The molecule has 1 aromatic heterocycles. The highest BCUT2D eigenvalue weighted by Crippen LogP contribution is 2.27. The van der Waals surface area contributed by atoms with Gasteiger partial charge in [0.1, 0.15) is 5.76 Å². The smallest absolute Gasteiger partial charge is 0.337 e. The van der Waals surface area contributed by atoms with Crippen LogP contribution in [0.4, 0.5) is 5.69 Å². The van der Waals surface area contributed by atoms with Crippen LogP contribution in [0.25, 0.3) is 0 Å². The predicted octanol–water partition coefficient (Wildman–Crippen LogP) is 3.84. The van der Waals surface area contributed by atoms with Crippen molar-refractivity contribution >= 4 is 17.6 Å². The number of carboxylic acids is 1. The Bertz CT molecular complexity index is 723. The van der Waals surface area contributed by atoms with Gasteiger partial charge in [0.2, 0.25) is 0 Å². The molecule has 0 aliphatic rings. The Balaban J connectivity index is 2.31. The highest BCUT2D eigenvalue weighted by atomic mass is 16.4. The second-order valence-corrected chi connectivity index (χ2v) is 6.18. The normalized spacial score (nSPS) is 11.3. The lowest BCUT2D eigenvalue weighted by Crippen LogP contribution is -2.15. The van der Waals surface area contributed by atoms with Crippen LogP contribution in [0, 0.1) is 6.92 Å². The summed E-state index contributed by atoms with van der Waals surface area (Å²) < 4.78 is 5.65. The number of rotatable bonds is 3. The summed E-state index contributed by atoms with van der Waals surface area (Å²) in [5.74, 6) is -0.643. The third-order valence-electron chi connectivity index (χ3n) is 3.27. The summed E-state index contributed by atoms with van der Waals surface area (Å²) in [6.07, 6.45) is 0. The molecule has 1 aromatic carbocycles. The van der Waals surface area contributed by atoms with Gasteiger partial charge in [-0.2, -0.15) is 0 Å². The van der Waals surface area contributed by atoms with Gasteiger partial charge in [-0.15, -0.1) is 0 Å². The van der Waals surface area contributed by atoms with Crippen molar-refractivity contribution in [3.05, 3.63) is 53.0 Å². The molecule has 22 heavy (non-hydrogen) atoms. The minimum Gasteiger partial charge on any atom is -0.478 e. The maximum absolute atomic E-state index is 12.4. The van der Waals surface area contributed by atoms with Crippen molar-refractivity contribution in [2.75, 3.05) is 5.32 Å². The highest BCUT2D eigenvalue weighted by Gasteiger charge is 2.24. The molecule has 2 N–H and O–H groups in total. The van der Waals surface area contributed by atoms with Crippen LogP contribution in [-0.2, 0) is 5.41 Å². The van der Waals surface area contributed by atoms with Gasteiger partial charge in [0, 0.05) is 11.0 Å². The number of carbonyl (C=O) groups excluding carboxylic acids is 1. The van der Waals surface area contributed by atoms with Crippen LogP contribution in [0.2, 0.25) is 0 Å². The molecular weight excluding hydrogens is 282 g/mol. The Morgan fingerprint density at radius 1 is 1.18 bits per heavy atom. The molecule has 0 unspecified atom stereocenters. The molecule has 0 radical (unpaired) electrons. The molecule has 5 heteroatoms. The Morgan fingerprint density at radius 3 is 2.36 bits per heavy atom. The quantitative estimate of drug-likeness (QED) is 0.902. The third kappa shape index (κ3) is 3.19. The minimum absolute atomic E-state index is 0.0381. The van der Waals surface area contributed by atoms with Gasteiger partial charge in [-0.05, 0) is 25.1 Å².